The molecule has 0 amide bonds. The molecule has 0 radical (unpaired) electrons. The SMILES string of the molecule is CSC1(Cn2cncc2-c2cccnc2N)CCCC1. The Morgan fingerprint density at radius 3 is 2.90 bits per heavy atom. The third-order valence-corrected chi connectivity index (χ3v) is 5.64. The lowest BCUT2D eigenvalue weighted by Gasteiger charge is -2.28. The van der Waals surface area contributed by atoms with E-state index in [1.54, 1.807) is 6.20 Å². The van der Waals surface area contributed by atoms with Crippen molar-refractivity contribution in [1.82, 2.24) is 14.5 Å². The molecule has 2 N–H and O–H groups in total. The zero-order chi connectivity index (χ0) is 14.0. The Kier molecular flexibility index (Phi) is 3.70. The van der Waals surface area contributed by atoms with Gasteiger partial charge in [0.2, 0.25) is 0 Å². The van der Waals surface area contributed by atoms with Crippen LogP contribution in [0, 0.1) is 0 Å². The van der Waals surface area contributed by atoms with Gasteiger partial charge in [-0.1, -0.05) is 12.8 Å². The van der Waals surface area contributed by atoms with E-state index >= 15 is 0 Å². The summed E-state index contributed by atoms with van der Waals surface area (Å²) in [4.78, 5) is 8.49. The molecule has 1 fully saturated rings. The Labute approximate surface area is 123 Å². The third-order valence-electron chi connectivity index (χ3n) is 4.23. The Morgan fingerprint density at radius 2 is 2.20 bits per heavy atom. The van der Waals surface area contributed by atoms with Crippen molar-refractivity contribution < 1.29 is 0 Å². The molecule has 5 heteroatoms. The number of hydrogen-bond acceptors (Lipinski definition) is 4. The quantitative estimate of drug-likeness (QED) is 0.938. The molecule has 0 bridgehead atoms. The average Bonchev–Trinajstić information content (AvgIpc) is 3.10. The van der Waals surface area contributed by atoms with E-state index in [1.165, 1.54) is 25.7 Å². The van der Waals surface area contributed by atoms with Crippen LogP contribution in [0.4, 0.5) is 5.82 Å². The van der Waals surface area contributed by atoms with Gasteiger partial charge in [-0.15, -0.1) is 0 Å². The van der Waals surface area contributed by atoms with Crippen LogP contribution in [0.25, 0.3) is 11.3 Å². The van der Waals surface area contributed by atoms with E-state index in [0.29, 0.717) is 10.6 Å². The Bertz CT molecular complexity index is 587. The van der Waals surface area contributed by atoms with Crippen molar-refractivity contribution in [2.75, 3.05) is 12.0 Å². The molecule has 0 unspecified atom stereocenters. The van der Waals surface area contributed by atoms with Gasteiger partial charge in [0, 0.05) is 23.1 Å². The molecule has 0 aromatic carbocycles. The summed E-state index contributed by atoms with van der Waals surface area (Å²) in [5.41, 5.74) is 8.03. The van der Waals surface area contributed by atoms with Gasteiger partial charge in [-0.3, -0.25) is 0 Å². The maximum absolute atomic E-state index is 6.00. The number of thioether (sulfide) groups is 1. The van der Waals surface area contributed by atoms with Crippen molar-refractivity contribution in [3.8, 4) is 11.3 Å². The summed E-state index contributed by atoms with van der Waals surface area (Å²) < 4.78 is 2.58. The molecule has 2 aromatic rings. The second kappa shape index (κ2) is 5.48. The van der Waals surface area contributed by atoms with Crippen LogP contribution in [0.5, 0.6) is 0 Å². The number of pyridine rings is 1. The van der Waals surface area contributed by atoms with Crippen LogP contribution in [-0.2, 0) is 6.54 Å². The van der Waals surface area contributed by atoms with Gasteiger partial charge < -0.3 is 10.3 Å². The molecule has 106 valence electrons. The lowest BCUT2D eigenvalue weighted by Crippen LogP contribution is -2.26. The van der Waals surface area contributed by atoms with Gasteiger partial charge in [-0.2, -0.15) is 11.8 Å². The Balaban J connectivity index is 1.93. The van der Waals surface area contributed by atoms with Gasteiger partial charge >= 0.3 is 0 Å². The molecule has 3 rings (SSSR count). The van der Waals surface area contributed by atoms with Crippen LogP contribution in [-0.4, -0.2) is 25.5 Å². The maximum Gasteiger partial charge on any atom is 0.132 e. The van der Waals surface area contributed by atoms with Crippen LogP contribution >= 0.6 is 11.8 Å². The highest BCUT2D eigenvalue weighted by Gasteiger charge is 2.33. The third kappa shape index (κ3) is 2.42. The molecular formula is C15H20N4S. The van der Waals surface area contributed by atoms with Crippen molar-refractivity contribution in [2.45, 2.75) is 37.0 Å². The zero-order valence-electron chi connectivity index (χ0n) is 11.7. The number of nitrogens with zero attached hydrogens (tertiary/aromatic N) is 3. The van der Waals surface area contributed by atoms with E-state index in [-0.39, 0.29) is 0 Å². The smallest absolute Gasteiger partial charge is 0.132 e. The van der Waals surface area contributed by atoms with E-state index in [9.17, 15) is 0 Å². The van der Waals surface area contributed by atoms with E-state index in [4.69, 9.17) is 5.73 Å². The van der Waals surface area contributed by atoms with Crippen molar-refractivity contribution in [2.24, 2.45) is 0 Å². The van der Waals surface area contributed by atoms with Crippen LogP contribution < -0.4 is 5.73 Å². The number of aromatic nitrogens is 3. The van der Waals surface area contributed by atoms with Crippen LogP contribution in [0.2, 0.25) is 0 Å². The zero-order valence-corrected chi connectivity index (χ0v) is 12.6. The van der Waals surface area contributed by atoms with Crippen molar-refractivity contribution in [1.29, 1.82) is 0 Å². The van der Waals surface area contributed by atoms with E-state index in [2.05, 4.69) is 20.8 Å². The molecule has 20 heavy (non-hydrogen) atoms. The highest BCUT2D eigenvalue weighted by molar-refractivity contribution is 8.00. The van der Waals surface area contributed by atoms with Gasteiger partial charge in [-0.05, 0) is 31.2 Å². The lowest BCUT2D eigenvalue weighted by atomic mass is 10.1. The number of imidazole rings is 1. The van der Waals surface area contributed by atoms with Gasteiger partial charge in [0.15, 0.2) is 0 Å². The van der Waals surface area contributed by atoms with Crippen molar-refractivity contribution in [3.63, 3.8) is 0 Å². The fourth-order valence-corrected chi connectivity index (χ4v) is 4.03. The molecule has 2 heterocycles. The molecule has 1 aliphatic rings. The van der Waals surface area contributed by atoms with Gasteiger partial charge in [0.1, 0.15) is 5.82 Å². The molecule has 0 saturated heterocycles. The van der Waals surface area contributed by atoms with Crippen LogP contribution in [0.3, 0.4) is 0 Å². The normalized spacial score (nSPS) is 17.4. The van der Waals surface area contributed by atoms with E-state index < -0.39 is 0 Å². The summed E-state index contributed by atoms with van der Waals surface area (Å²) in [6.07, 6.45) is 13.0. The van der Waals surface area contributed by atoms with Gasteiger partial charge in [0.25, 0.3) is 0 Å². The van der Waals surface area contributed by atoms with Crippen LogP contribution in [0.15, 0.2) is 30.9 Å². The summed E-state index contributed by atoms with van der Waals surface area (Å²) in [6.45, 7) is 0.998. The molecule has 0 aliphatic heterocycles. The van der Waals surface area contributed by atoms with Gasteiger partial charge in [-0.25, -0.2) is 9.97 Å². The predicted molar refractivity (Wildman–Crippen MR) is 84.6 cm³/mol. The van der Waals surface area contributed by atoms with Gasteiger partial charge in [0.05, 0.1) is 18.2 Å². The minimum atomic E-state index is 0.354. The largest absolute Gasteiger partial charge is 0.383 e. The standard InChI is InChI=1S/C15H20N4S/c1-20-15(6-2-3-7-15)10-19-11-17-9-13(19)12-5-4-8-18-14(12)16/h4-5,8-9,11H,2-3,6-7,10H2,1H3,(H2,16,18). The first-order valence-electron chi connectivity index (χ1n) is 7.00. The van der Waals surface area contributed by atoms with E-state index in [0.717, 1.165) is 17.8 Å². The van der Waals surface area contributed by atoms with Crippen molar-refractivity contribution >= 4 is 17.6 Å². The average molecular weight is 288 g/mol. The molecule has 1 saturated carbocycles. The summed E-state index contributed by atoms with van der Waals surface area (Å²) >= 11 is 1.99. The van der Waals surface area contributed by atoms with Crippen LogP contribution in [0.1, 0.15) is 25.7 Å². The second-order valence-corrected chi connectivity index (χ2v) is 6.71. The highest BCUT2D eigenvalue weighted by atomic mass is 32.2. The molecular weight excluding hydrogens is 268 g/mol. The number of hydrogen-bond donors (Lipinski definition) is 1. The fraction of sp³-hybridized carbons (Fsp3) is 0.467. The topological polar surface area (TPSA) is 56.7 Å². The molecule has 1 aliphatic carbocycles. The lowest BCUT2D eigenvalue weighted by molar-refractivity contribution is 0.508. The second-order valence-electron chi connectivity index (χ2n) is 5.44. The summed E-state index contributed by atoms with van der Waals surface area (Å²) in [5, 5.41) is 0. The number of rotatable bonds is 4. The monoisotopic (exact) mass is 288 g/mol. The summed E-state index contributed by atoms with van der Waals surface area (Å²) in [7, 11) is 0. The fourth-order valence-electron chi connectivity index (χ4n) is 3.06. The minimum absolute atomic E-state index is 0.354. The number of nitrogens with two attached hydrogens (primary N) is 1. The predicted octanol–water partition coefficient (Wildman–Crippen LogP) is 3.20. The maximum atomic E-state index is 6.00. The molecule has 2 aromatic heterocycles. The minimum Gasteiger partial charge on any atom is -0.383 e. The Hall–Kier alpha value is -1.49. The first-order valence-corrected chi connectivity index (χ1v) is 8.23. The number of nitrogen functional groups attached to an aromatic ring is 1. The molecule has 0 spiro atoms. The first-order chi connectivity index (χ1) is 9.74. The summed E-state index contributed by atoms with van der Waals surface area (Å²) in [6, 6.07) is 3.93. The molecule has 0 atom stereocenters. The molecule has 4 nitrogen and oxygen atoms in total. The van der Waals surface area contributed by atoms with Crippen molar-refractivity contribution in [3.05, 3.63) is 30.9 Å². The Morgan fingerprint density at radius 1 is 1.40 bits per heavy atom. The number of anilines is 1. The highest BCUT2D eigenvalue weighted by Crippen LogP contribution is 2.42. The first kappa shape index (κ1) is 13.5. The summed E-state index contributed by atoms with van der Waals surface area (Å²) in [5.74, 6) is 0.568. The van der Waals surface area contributed by atoms with E-state index in [1.807, 2.05) is 36.4 Å².